The van der Waals surface area contributed by atoms with Crippen molar-refractivity contribution in [3.8, 4) is 11.3 Å². The van der Waals surface area contributed by atoms with Crippen LogP contribution in [0.4, 0.5) is 21.1 Å². The zero-order valence-electron chi connectivity index (χ0n) is 27.9. The molecule has 0 bridgehead atoms. The number of alkyl carbamates (subject to hydrolysis) is 1. The molecule has 1 aromatic carbocycles. The maximum absolute atomic E-state index is 13.5. The van der Waals surface area contributed by atoms with Gasteiger partial charge in [0.15, 0.2) is 0 Å². The number of amides is 4. The summed E-state index contributed by atoms with van der Waals surface area (Å²) in [4.78, 5) is 59.4. The molecule has 254 valence electrons. The Morgan fingerprint density at radius 2 is 1.62 bits per heavy atom. The topological polar surface area (TPSA) is 182 Å². The second-order valence-electron chi connectivity index (χ2n) is 12.2. The van der Waals surface area contributed by atoms with E-state index in [0.717, 1.165) is 30.4 Å². The van der Waals surface area contributed by atoms with Crippen LogP contribution in [0.2, 0.25) is 0 Å². The number of fused-ring (bicyclic) bond motifs is 1. The molecule has 4 aromatic rings. The van der Waals surface area contributed by atoms with Crippen molar-refractivity contribution in [3.63, 3.8) is 0 Å². The number of nitrogens with zero attached hydrogens (tertiary/aromatic N) is 3. The quantitative estimate of drug-likeness (QED) is 0.122. The van der Waals surface area contributed by atoms with Gasteiger partial charge in [-0.3, -0.25) is 14.6 Å². The van der Waals surface area contributed by atoms with Crippen molar-refractivity contribution in [1.29, 1.82) is 0 Å². The van der Waals surface area contributed by atoms with Gasteiger partial charge in [-0.25, -0.2) is 14.6 Å². The first-order chi connectivity index (χ1) is 23.0. The highest BCUT2D eigenvalue weighted by atomic mass is 16.6. The molecule has 13 heteroatoms. The Morgan fingerprint density at radius 1 is 0.917 bits per heavy atom. The first-order valence-corrected chi connectivity index (χ1v) is 16.1. The number of carbonyl (C=O) groups excluding carboxylic acids is 3. The normalized spacial score (nSPS) is 11.2. The third kappa shape index (κ3) is 9.77. The number of nitrogens with two attached hydrogens (primary N) is 1. The molecule has 0 aliphatic rings. The van der Waals surface area contributed by atoms with Crippen LogP contribution >= 0.6 is 0 Å². The molecule has 6 N–H and O–H groups in total. The molecule has 48 heavy (non-hydrogen) atoms. The molecule has 3 aromatic heterocycles. The minimum atomic E-state index is -0.535. The Morgan fingerprint density at radius 3 is 2.27 bits per heavy atom. The lowest BCUT2D eigenvalue weighted by Gasteiger charge is -2.19. The lowest BCUT2D eigenvalue weighted by Crippen LogP contribution is -2.33. The molecule has 0 aliphatic carbocycles. The largest absolute Gasteiger partial charge is 0.444 e. The summed E-state index contributed by atoms with van der Waals surface area (Å²) < 4.78 is 6.88. The molecule has 0 spiro atoms. The molecule has 0 saturated carbocycles. The number of anilines is 2. The summed E-state index contributed by atoms with van der Waals surface area (Å²) in [6.07, 6.45) is 6.12. The van der Waals surface area contributed by atoms with Crippen LogP contribution in [-0.2, 0) is 17.8 Å². The fourth-order valence-corrected chi connectivity index (χ4v) is 5.01. The molecular formula is C35H44N8O5. The maximum Gasteiger partial charge on any atom is 0.407 e. The van der Waals surface area contributed by atoms with E-state index >= 15 is 0 Å². The van der Waals surface area contributed by atoms with E-state index in [4.69, 9.17) is 15.5 Å². The van der Waals surface area contributed by atoms with Gasteiger partial charge in [0.2, 0.25) is 5.43 Å². The number of carbonyl (C=O) groups is 3. The van der Waals surface area contributed by atoms with Gasteiger partial charge in [0.05, 0.1) is 11.1 Å². The molecular weight excluding hydrogens is 612 g/mol. The standard InChI is InChI=1S/C35H44N8O5/c1-5-43-30(36)28(32(45)38-19-8-6-7-9-20-39-34(47)48-35(2,3)4)29(44)26-16-17-27(42-31(26)43)24-12-14-25(15-13-24)41-33(46)40-22-23-11-10-18-37-21-23/h10-18,21H,5-9,19-20,22,36H2,1-4H3,(H,38,45)(H,39,47)(H2,40,41,46). The number of aromatic nitrogens is 3. The Labute approximate surface area is 279 Å². The number of nitrogen functional groups attached to an aromatic ring is 1. The second kappa shape index (κ2) is 16.4. The fraction of sp³-hybridized carbons (Fsp3) is 0.371. The summed E-state index contributed by atoms with van der Waals surface area (Å²) in [5.41, 5.74) is 8.53. The van der Waals surface area contributed by atoms with E-state index < -0.39 is 23.0 Å². The number of urea groups is 1. The highest BCUT2D eigenvalue weighted by molar-refractivity contribution is 6.01. The van der Waals surface area contributed by atoms with Crippen molar-refractivity contribution in [3.05, 3.63) is 82.3 Å². The molecule has 4 rings (SSSR count). The molecule has 0 unspecified atom stereocenters. The van der Waals surface area contributed by atoms with E-state index in [2.05, 4.69) is 26.3 Å². The lowest BCUT2D eigenvalue weighted by atomic mass is 10.1. The summed E-state index contributed by atoms with van der Waals surface area (Å²) >= 11 is 0. The van der Waals surface area contributed by atoms with Crippen LogP contribution in [0, 0.1) is 0 Å². The Kier molecular flexibility index (Phi) is 12.1. The number of hydrogen-bond donors (Lipinski definition) is 5. The van der Waals surface area contributed by atoms with Crippen molar-refractivity contribution in [1.82, 2.24) is 30.5 Å². The second-order valence-corrected chi connectivity index (χ2v) is 12.2. The number of rotatable bonds is 13. The number of hydrogen-bond acceptors (Lipinski definition) is 8. The molecule has 3 heterocycles. The van der Waals surface area contributed by atoms with Crippen LogP contribution in [0.5, 0.6) is 0 Å². The van der Waals surface area contributed by atoms with E-state index in [-0.39, 0.29) is 17.4 Å². The molecule has 4 amide bonds. The SMILES string of the molecule is CCn1c(N)c(C(=O)NCCCCCCNC(=O)OC(C)(C)C)c(=O)c2ccc(-c3ccc(NC(=O)NCc4cccnc4)cc3)nc21. The maximum atomic E-state index is 13.5. The number of aryl methyl sites for hydroxylation is 1. The molecule has 0 radical (unpaired) electrons. The molecule has 13 nitrogen and oxygen atoms in total. The average molecular weight is 657 g/mol. The van der Waals surface area contributed by atoms with Gasteiger partial charge >= 0.3 is 12.1 Å². The van der Waals surface area contributed by atoms with Crippen LogP contribution in [0.15, 0.2) is 65.7 Å². The van der Waals surface area contributed by atoms with Crippen LogP contribution in [-0.4, -0.2) is 51.3 Å². The van der Waals surface area contributed by atoms with Crippen molar-refractivity contribution < 1.29 is 19.1 Å². The van der Waals surface area contributed by atoms with E-state index in [1.54, 1.807) is 41.2 Å². The predicted molar refractivity (Wildman–Crippen MR) is 187 cm³/mol. The first kappa shape index (κ1) is 35.4. The van der Waals surface area contributed by atoms with E-state index in [0.29, 0.717) is 55.0 Å². The third-order valence-corrected chi connectivity index (χ3v) is 7.36. The summed E-state index contributed by atoms with van der Waals surface area (Å²) in [7, 11) is 0. The number of nitrogens with one attached hydrogen (secondary N) is 4. The molecule has 0 atom stereocenters. The smallest absolute Gasteiger partial charge is 0.407 e. The third-order valence-electron chi connectivity index (χ3n) is 7.36. The van der Waals surface area contributed by atoms with Gasteiger partial charge in [0.1, 0.15) is 22.6 Å². The Balaban J connectivity index is 1.34. The number of pyridine rings is 3. The fourth-order valence-electron chi connectivity index (χ4n) is 5.01. The summed E-state index contributed by atoms with van der Waals surface area (Å²) in [6.45, 7) is 8.95. The van der Waals surface area contributed by atoms with Gasteiger partial charge in [-0.05, 0) is 76.4 Å². The van der Waals surface area contributed by atoms with E-state index in [1.165, 1.54) is 0 Å². The predicted octanol–water partition coefficient (Wildman–Crippen LogP) is 5.20. The molecule has 0 aliphatic heterocycles. The highest BCUT2D eigenvalue weighted by Crippen LogP contribution is 2.24. The number of unbranched alkanes of at least 4 members (excludes halogenated alkanes) is 3. The van der Waals surface area contributed by atoms with Gasteiger partial charge < -0.3 is 36.3 Å². The van der Waals surface area contributed by atoms with Gasteiger partial charge in [-0.1, -0.05) is 31.0 Å². The van der Waals surface area contributed by atoms with Gasteiger partial charge in [0.25, 0.3) is 5.91 Å². The van der Waals surface area contributed by atoms with Crippen molar-refractivity contribution in [2.45, 2.75) is 72.1 Å². The van der Waals surface area contributed by atoms with Gasteiger partial charge in [-0.15, -0.1) is 0 Å². The lowest BCUT2D eigenvalue weighted by molar-refractivity contribution is 0.0526. The molecule has 0 fully saturated rings. The van der Waals surface area contributed by atoms with Crippen molar-refractivity contribution in [2.24, 2.45) is 0 Å². The summed E-state index contributed by atoms with van der Waals surface area (Å²) in [5.74, 6) is -0.466. The Hall–Kier alpha value is -5.46. The van der Waals surface area contributed by atoms with Crippen LogP contribution in [0.3, 0.4) is 0 Å². The summed E-state index contributed by atoms with van der Waals surface area (Å²) in [6, 6.07) is 13.9. The molecule has 0 saturated heterocycles. The minimum Gasteiger partial charge on any atom is -0.444 e. The van der Waals surface area contributed by atoms with E-state index in [9.17, 15) is 19.2 Å². The van der Waals surface area contributed by atoms with Crippen LogP contribution < -0.4 is 32.4 Å². The van der Waals surface area contributed by atoms with Crippen LogP contribution in [0.25, 0.3) is 22.3 Å². The van der Waals surface area contributed by atoms with Gasteiger partial charge in [-0.2, -0.15) is 0 Å². The number of ether oxygens (including phenoxy) is 1. The first-order valence-electron chi connectivity index (χ1n) is 16.1. The van der Waals surface area contributed by atoms with Crippen LogP contribution in [0.1, 0.15) is 69.3 Å². The Bertz CT molecular complexity index is 1780. The highest BCUT2D eigenvalue weighted by Gasteiger charge is 2.21. The van der Waals surface area contributed by atoms with Crippen molar-refractivity contribution >= 4 is 40.6 Å². The monoisotopic (exact) mass is 656 g/mol. The summed E-state index contributed by atoms with van der Waals surface area (Å²) in [5, 5.41) is 11.4. The van der Waals surface area contributed by atoms with Crippen molar-refractivity contribution in [2.75, 3.05) is 24.1 Å². The average Bonchev–Trinajstić information content (AvgIpc) is 3.05. The van der Waals surface area contributed by atoms with Gasteiger partial charge in [0, 0.05) is 49.8 Å². The zero-order chi connectivity index (χ0) is 34.7. The zero-order valence-corrected chi connectivity index (χ0v) is 27.9. The minimum absolute atomic E-state index is 0.0576. The van der Waals surface area contributed by atoms with E-state index in [1.807, 2.05) is 52.0 Å². The number of benzene rings is 1.